The van der Waals surface area contributed by atoms with E-state index in [-0.39, 0.29) is 11.9 Å². The molecule has 132 valence electrons. The molecule has 2 rings (SSSR count). The van der Waals surface area contributed by atoms with E-state index in [0.717, 1.165) is 17.7 Å². The van der Waals surface area contributed by atoms with Crippen molar-refractivity contribution < 1.29 is 14.3 Å². The summed E-state index contributed by atoms with van der Waals surface area (Å²) in [5.74, 6) is -0.652. The molecule has 2 aromatic carbocycles. The van der Waals surface area contributed by atoms with Crippen LogP contribution in [0.3, 0.4) is 0 Å². The van der Waals surface area contributed by atoms with Gasteiger partial charge in [-0.05, 0) is 55.1 Å². The van der Waals surface area contributed by atoms with Gasteiger partial charge in [-0.1, -0.05) is 24.9 Å². The molecule has 0 atom stereocenters. The fourth-order valence-corrected chi connectivity index (χ4v) is 2.73. The summed E-state index contributed by atoms with van der Waals surface area (Å²) in [7, 11) is 0. The number of benzene rings is 2. The molecule has 2 aromatic rings. The molecule has 6 heteroatoms. The molecule has 0 aliphatic rings. The Hall–Kier alpha value is -1.98. The summed E-state index contributed by atoms with van der Waals surface area (Å²) in [5.41, 5.74) is 1.45. The number of ether oxygens (including phenoxy) is 1. The van der Waals surface area contributed by atoms with Crippen molar-refractivity contribution >= 4 is 40.9 Å². The van der Waals surface area contributed by atoms with Gasteiger partial charge in [-0.15, -0.1) is 11.8 Å². The lowest BCUT2D eigenvalue weighted by Gasteiger charge is -2.09. The van der Waals surface area contributed by atoms with E-state index in [0.29, 0.717) is 28.4 Å². The quantitative estimate of drug-likeness (QED) is 0.405. The van der Waals surface area contributed by atoms with Crippen molar-refractivity contribution in [1.82, 2.24) is 0 Å². The molecule has 0 fully saturated rings. The van der Waals surface area contributed by atoms with Crippen LogP contribution in [-0.2, 0) is 4.74 Å². The summed E-state index contributed by atoms with van der Waals surface area (Å²) in [6, 6.07) is 11.9. The summed E-state index contributed by atoms with van der Waals surface area (Å²) in [4.78, 5) is 25.2. The minimum absolute atomic E-state index is 0.292. The van der Waals surface area contributed by atoms with Crippen LogP contribution < -0.4 is 5.32 Å². The highest BCUT2D eigenvalue weighted by Gasteiger charge is 2.12. The Kier molecular flexibility index (Phi) is 7.34. The minimum Gasteiger partial charge on any atom is -0.462 e. The Bertz CT molecular complexity index is 747. The van der Waals surface area contributed by atoms with E-state index in [1.54, 1.807) is 36.4 Å². The van der Waals surface area contributed by atoms with E-state index in [4.69, 9.17) is 16.3 Å². The van der Waals surface area contributed by atoms with Crippen molar-refractivity contribution in [3.8, 4) is 0 Å². The summed E-state index contributed by atoms with van der Waals surface area (Å²) < 4.78 is 5.15. The molecule has 0 heterocycles. The van der Waals surface area contributed by atoms with E-state index in [9.17, 15) is 9.59 Å². The van der Waals surface area contributed by atoms with Gasteiger partial charge >= 0.3 is 5.97 Å². The molecule has 0 bridgehead atoms. The molecule has 4 nitrogen and oxygen atoms in total. The minimum atomic E-state index is -0.359. The maximum Gasteiger partial charge on any atom is 0.338 e. The molecular formula is C19H20ClNO3S. The first-order valence-electron chi connectivity index (χ1n) is 7.97. The first kappa shape index (κ1) is 19.3. The topological polar surface area (TPSA) is 55.4 Å². The molecule has 0 aliphatic carbocycles. The second-order valence-corrected chi connectivity index (χ2v) is 6.65. The van der Waals surface area contributed by atoms with Gasteiger partial charge < -0.3 is 10.1 Å². The highest BCUT2D eigenvalue weighted by molar-refractivity contribution is 7.98. The average Bonchev–Trinajstić information content (AvgIpc) is 2.62. The van der Waals surface area contributed by atoms with Gasteiger partial charge in [-0.25, -0.2) is 4.79 Å². The van der Waals surface area contributed by atoms with Crippen LogP contribution in [0.4, 0.5) is 5.69 Å². The molecule has 25 heavy (non-hydrogen) atoms. The molecule has 1 amide bonds. The van der Waals surface area contributed by atoms with Crippen LogP contribution in [0, 0.1) is 0 Å². The predicted molar refractivity (Wildman–Crippen MR) is 103 cm³/mol. The summed E-state index contributed by atoms with van der Waals surface area (Å²) in [6.45, 7) is 2.45. The summed E-state index contributed by atoms with van der Waals surface area (Å²) in [5, 5.41) is 3.18. The van der Waals surface area contributed by atoms with E-state index in [1.807, 2.05) is 19.2 Å². The number of hydrogen-bond acceptors (Lipinski definition) is 4. The standard InChI is InChI=1S/C19H20ClNO3S/c1-3-4-11-24-19(23)13-5-7-14(8-6-13)21-18(22)16-12-15(25-2)9-10-17(16)20/h5-10,12H,3-4,11H2,1-2H3,(H,21,22). The third kappa shape index (κ3) is 5.51. The number of carbonyl (C=O) groups excluding carboxylic acids is 2. The largest absolute Gasteiger partial charge is 0.462 e. The summed E-state index contributed by atoms with van der Waals surface area (Å²) in [6.07, 6.45) is 3.75. The van der Waals surface area contributed by atoms with Gasteiger partial charge in [-0.3, -0.25) is 4.79 Å². The Balaban J connectivity index is 2.03. The Morgan fingerprint density at radius 3 is 2.52 bits per heavy atom. The Morgan fingerprint density at radius 1 is 1.16 bits per heavy atom. The SMILES string of the molecule is CCCCOC(=O)c1ccc(NC(=O)c2cc(SC)ccc2Cl)cc1. The number of anilines is 1. The molecule has 0 radical (unpaired) electrons. The molecule has 0 saturated carbocycles. The maximum atomic E-state index is 12.4. The number of amides is 1. The fourth-order valence-electron chi connectivity index (χ4n) is 2.09. The smallest absolute Gasteiger partial charge is 0.338 e. The van der Waals surface area contributed by atoms with Gasteiger partial charge in [0.15, 0.2) is 0 Å². The number of carbonyl (C=O) groups is 2. The third-order valence-electron chi connectivity index (χ3n) is 3.53. The molecule has 0 spiro atoms. The van der Waals surface area contributed by atoms with E-state index in [2.05, 4.69) is 5.32 Å². The normalized spacial score (nSPS) is 10.4. The number of esters is 1. The second kappa shape index (κ2) is 9.49. The number of halogens is 1. The second-order valence-electron chi connectivity index (χ2n) is 5.37. The van der Waals surface area contributed by atoms with Crippen molar-refractivity contribution in [2.75, 3.05) is 18.2 Å². The Labute approximate surface area is 156 Å². The summed E-state index contributed by atoms with van der Waals surface area (Å²) >= 11 is 7.65. The zero-order valence-corrected chi connectivity index (χ0v) is 15.7. The van der Waals surface area contributed by atoms with Gasteiger partial charge in [0.1, 0.15) is 0 Å². The fraction of sp³-hybridized carbons (Fsp3) is 0.263. The van der Waals surface area contributed by atoms with Crippen LogP contribution in [0.1, 0.15) is 40.5 Å². The van der Waals surface area contributed by atoms with E-state index >= 15 is 0 Å². The molecule has 0 saturated heterocycles. The predicted octanol–water partition coefficient (Wildman–Crippen LogP) is 5.27. The van der Waals surface area contributed by atoms with Crippen molar-refractivity contribution in [3.05, 3.63) is 58.6 Å². The van der Waals surface area contributed by atoms with Crippen LogP contribution in [0.2, 0.25) is 5.02 Å². The lowest BCUT2D eigenvalue weighted by atomic mass is 10.2. The number of nitrogens with one attached hydrogen (secondary N) is 1. The maximum absolute atomic E-state index is 12.4. The molecule has 1 N–H and O–H groups in total. The van der Waals surface area contributed by atoms with Crippen LogP contribution >= 0.6 is 23.4 Å². The van der Waals surface area contributed by atoms with E-state index < -0.39 is 0 Å². The number of unbranched alkanes of at least 4 members (excludes halogenated alkanes) is 1. The first-order chi connectivity index (χ1) is 12.0. The van der Waals surface area contributed by atoms with Gasteiger partial charge in [0.25, 0.3) is 5.91 Å². The van der Waals surface area contributed by atoms with Crippen molar-refractivity contribution in [2.45, 2.75) is 24.7 Å². The van der Waals surface area contributed by atoms with Gasteiger partial charge in [0.2, 0.25) is 0 Å². The van der Waals surface area contributed by atoms with Crippen molar-refractivity contribution in [3.63, 3.8) is 0 Å². The van der Waals surface area contributed by atoms with Crippen LogP contribution in [0.15, 0.2) is 47.4 Å². The molecular weight excluding hydrogens is 358 g/mol. The lowest BCUT2D eigenvalue weighted by Crippen LogP contribution is -2.13. The zero-order valence-electron chi connectivity index (χ0n) is 14.2. The van der Waals surface area contributed by atoms with Crippen LogP contribution in [-0.4, -0.2) is 24.7 Å². The molecule has 0 unspecified atom stereocenters. The zero-order chi connectivity index (χ0) is 18.2. The third-order valence-corrected chi connectivity index (χ3v) is 4.58. The average molecular weight is 378 g/mol. The lowest BCUT2D eigenvalue weighted by molar-refractivity contribution is 0.0499. The van der Waals surface area contributed by atoms with Gasteiger partial charge in [-0.2, -0.15) is 0 Å². The number of rotatable bonds is 7. The highest BCUT2D eigenvalue weighted by Crippen LogP contribution is 2.24. The Morgan fingerprint density at radius 2 is 1.88 bits per heavy atom. The molecule has 0 aromatic heterocycles. The van der Waals surface area contributed by atoms with Crippen LogP contribution in [0.25, 0.3) is 0 Å². The van der Waals surface area contributed by atoms with Gasteiger partial charge in [0.05, 0.1) is 22.8 Å². The van der Waals surface area contributed by atoms with Crippen molar-refractivity contribution in [2.24, 2.45) is 0 Å². The monoisotopic (exact) mass is 377 g/mol. The highest BCUT2D eigenvalue weighted by atomic mass is 35.5. The number of thioether (sulfide) groups is 1. The van der Waals surface area contributed by atoms with Crippen LogP contribution in [0.5, 0.6) is 0 Å². The van der Waals surface area contributed by atoms with Crippen molar-refractivity contribution in [1.29, 1.82) is 0 Å². The van der Waals surface area contributed by atoms with Gasteiger partial charge in [0, 0.05) is 10.6 Å². The van der Waals surface area contributed by atoms with E-state index in [1.165, 1.54) is 11.8 Å². The first-order valence-corrected chi connectivity index (χ1v) is 9.57. The molecule has 0 aliphatic heterocycles. The number of hydrogen-bond donors (Lipinski definition) is 1.